The van der Waals surface area contributed by atoms with Gasteiger partial charge in [-0.15, -0.1) is 0 Å². The third-order valence-corrected chi connectivity index (χ3v) is 2.11. The van der Waals surface area contributed by atoms with Crippen molar-refractivity contribution in [2.24, 2.45) is 0 Å². The largest absolute Gasteiger partial charge is 0.417 e. The SMILES string of the molecule is Nc1ncc(C=O)cn1.O=Cc1cnccc1C(F)(F)F. The quantitative estimate of drug-likeness (QED) is 0.848. The fourth-order valence-corrected chi connectivity index (χ4v) is 1.17. The summed E-state index contributed by atoms with van der Waals surface area (Å²) in [7, 11) is 0. The normalized spacial score (nSPS) is 10.2. The Labute approximate surface area is 116 Å². The Morgan fingerprint density at radius 2 is 1.67 bits per heavy atom. The number of halogens is 3. The molecule has 0 spiro atoms. The number of hydrogen-bond acceptors (Lipinski definition) is 6. The van der Waals surface area contributed by atoms with Gasteiger partial charge in [0.05, 0.1) is 11.1 Å². The van der Waals surface area contributed by atoms with Crippen molar-refractivity contribution in [3.63, 3.8) is 0 Å². The Kier molecular flexibility index (Phi) is 5.47. The molecule has 110 valence electrons. The molecule has 0 aromatic carbocycles. The van der Waals surface area contributed by atoms with Crippen molar-refractivity contribution in [2.45, 2.75) is 6.18 Å². The highest BCUT2D eigenvalue weighted by Crippen LogP contribution is 2.30. The highest BCUT2D eigenvalue weighted by Gasteiger charge is 2.32. The van der Waals surface area contributed by atoms with E-state index in [0.29, 0.717) is 11.8 Å². The van der Waals surface area contributed by atoms with Crippen LogP contribution in [0.1, 0.15) is 26.3 Å². The average Bonchev–Trinajstić information content (AvgIpc) is 2.48. The Morgan fingerprint density at radius 1 is 1.05 bits per heavy atom. The first-order chi connectivity index (χ1) is 9.88. The highest BCUT2D eigenvalue weighted by atomic mass is 19.4. The molecule has 0 atom stereocenters. The molecule has 0 bridgehead atoms. The van der Waals surface area contributed by atoms with E-state index in [1.807, 2.05) is 0 Å². The molecule has 0 amide bonds. The molecule has 0 radical (unpaired) electrons. The number of hydrogen-bond donors (Lipinski definition) is 1. The summed E-state index contributed by atoms with van der Waals surface area (Å²) in [6.07, 6.45) is 0.935. The maximum Gasteiger partial charge on any atom is 0.417 e. The zero-order valence-electron chi connectivity index (χ0n) is 10.4. The van der Waals surface area contributed by atoms with Gasteiger partial charge in [-0.1, -0.05) is 0 Å². The zero-order chi connectivity index (χ0) is 15.9. The maximum atomic E-state index is 12.0. The predicted octanol–water partition coefficient (Wildman–Crippen LogP) is 1.78. The molecule has 2 aromatic heterocycles. The summed E-state index contributed by atoms with van der Waals surface area (Å²) in [6, 6.07) is 0.768. The van der Waals surface area contributed by atoms with Crippen LogP contribution in [0.2, 0.25) is 0 Å². The lowest BCUT2D eigenvalue weighted by atomic mass is 10.1. The average molecular weight is 298 g/mol. The van der Waals surface area contributed by atoms with E-state index in [9.17, 15) is 22.8 Å². The third kappa shape index (κ3) is 4.97. The Bertz CT molecular complexity index is 615. The number of aldehydes is 2. The monoisotopic (exact) mass is 298 g/mol. The number of rotatable bonds is 2. The molecule has 0 fully saturated rings. The van der Waals surface area contributed by atoms with Crippen molar-refractivity contribution in [1.29, 1.82) is 0 Å². The van der Waals surface area contributed by atoms with Crippen molar-refractivity contribution >= 4 is 18.5 Å². The van der Waals surface area contributed by atoms with E-state index >= 15 is 0 Å². The number of carbonyl (C=O) groups excluding carboxylic acids is 2. The molecule has 2 N–H and O–H groups in total. The van der Waals surface area contributed by atoms with Crippen LogP contribution in [-0.4, -0.2) is 27.5 Å². The molecule has 2 aromatic rings. The van der Waals surface area contributed by atoms with E-state index in [1.165, 1.54) is 12.4 Å². The van der Waals surface area contributed by atoms with Gasteiger partial charge in [0.2, 0.25) is 5.95 Å². The smallest absolute Gasteiger partial charge is 0.368 e. The first kappa shape index (κ1) is 16.2. The first-order valence-electron chi connectivity index (χ1n) is 5.37. The number of nitrogens with zero attached hydrogens (tertiary/aromatic N) is 3. The second-order valence-corrected chi connectivity index (χ2v) is 3.57. The zero-order valence-corrected chi connectivity index (χ0v) is 10.4. The molecule has 2 rings (SSSR count). The molecular formula is C12H9F3N4O2. The fourth-order valence-electron chi connectivity index (χ4n) is 1.17. The van der Waals surface area contributed by atoms with Crippen LogP contribution in [0.5, 0.6) is 0 Å². The van der Waals surface area contributed by atoms with Gasteiger partial charge in [-0.3, -0.25) is 14.6 Å². The number of nitrogens with two attached hydrogens (primary N) is 1. The van der Waals surface area contributed by atoms with Crippen LogP contribution < -0.4 is 5.73 Å². The van der Waals surface area contributed by atoms with E-state index in [-0.39, 0.29) is 12.2 Å². The number of carbonyl (C=O) groups is 2. The minimum Gasteiger partial charge on any atom is -0.368 e. The standard InChI is InChI=1S/C7H4F3NO.C5H5N3O/c8-7(9,10)6-1-2-11-3-5(6)4-12;6-5-7-1-4(3-9)2-8-5/h1-4H;1-3H,(H2,6,7,8). The van der Waals surface area contributed by atoms with Crippen molar-refractivity contribution in [1.82, 2.24) is 15.0 Å². The van der Waals surface area contributed by atoms with Crippen molar-refractivity contribution in [3.8, 4) is 0 Å². The minimum absolute atomic E-state index is 0.135. The Balaban J connectivity index is 0.000000219. The summed E-state index contributed by atoms with van der Waals surface area (Å²) >= 11 is 0. The van der Waals surface area contributed by atoms with Crippen molar-refractivity contribution in [2.75, 3.05) is 5.73 Å². The van der Waals surface area contributed by atoms with E-state index in [4.69, 9.17) is 5.73 Å². The number of aromatic nitrogens is 3. The summed E-state index contributed by atoms with van der Waals surface area (Å²) in [6.45, 7) is 0. The molecule has 0 aliphatic carbocycles. The highest BCUT2D eigenvalue weighted by molar-refractivity contribution is 5.76. The number of alkyl halides is 3. The lowest BCUT2D eigenvalue weighted by Crippen LogP contribution is -2.08. The Hall–Kier alpha value is -2.84. The van der Waals surface area contributed by atoms with Crippen LogP contribution in [0.25, 0.3) is 0 Å². The van der Waals surface area contributed by atoms with E-state index in [1.54, 1.807) is 0 Å². The van der Waals surface area contributed by atoms with Gasteiger partial charge in [-0.2, -0.15) is 13.2 Å². The van der Waals surface area contributed by atoms with E-state index < -0.39 is 17.3 Å². The van der Waals surface area contributed by atoms with Crippen molar-refractivity contribution in [3.05, 3.63) is 47.5 Å². The number of nitrogen functional groups attached to an aromatic ring is 1. The van der Waals surface area contributed by atoms with E-state index in [0.717, 1.165) is 18.5 Å². The second-order valence-electron chi connectivity index (χ2n) is 3.57. The maximum absolute atomic E-state index is 12.0. The predicted molar refractivity (Wildman–Crippen MR) is 66.5 cm³/mol. The van der Waals surface area contributed by atoms with Gasteiger partial charge in [0.1, 0.15) is 0 Å². The molecule has 0 saturated carbocycles. The molecule has 0 saturated heterocycles. The molecule has 21 heavy (non-hydrogen) atoms. The molecule has 0 aliphatic heterocycles. The van der Waals surface area contributed by atoms with Crippen molar-refractivity contribution < 1.29 is 22.8 Å². The number of anilines is 1. The molecular weight excluding hydrogens is 289 g/mol. The summed E-state index contributed by atoms with van der Waals surface area (Å²) in [4.78, 5) is 30.7. The van der Waals surface area contributed by atoms with E-state index in [2.05, 4.69) is 15.0 Å². The number of pyridine rings is 1. The second kappa shape index (κ2) is 7.08. The van der Waals surface area contributed by atoms with Crippen LogP contribution in [0.3, 0.4) is 0 Å². The lowest BCUT2D eigenvalue weighted by molar-refractivity contribution is -0.137. The summed E-state index contributed by atoms with van der Waals surface area (Å²) in [5.41, 5.74) is 4.19. The molecule has 9 heteroatoms. The lowest BCUT2D eigenvalue weighted by Gasteiger charge is -2.07. The molecule has 6 nitrogen and oxygen atoms in total. The third-order valence-electron chi connectivity index (χ3n) is 2.11. The molecule has 0 aliphatic rings. The summed E-state index contributed by atoms with van der Waals surface area (Å²) < 4.78 is 36.1. The van der Waals surface area contributed by atoms with Gasteiger partial charge < -0.3 is 5.73 Å². The van der Waals surface area contributed by atoms with Gasteiger partial charge in [-0.05, 0) is 6.07 Å². The van der Waals surface area contributed by atoms with Gasteiger partial charge in [0.15, 0.2) is 12.6 Å². The van der Waals surface area contributed by atoms with Crippen LogP contribution in [-0.2, 0) is 6.18 Å². The molecule has 2 heterocycles. The minimum atomic E-state index is -4.49. The fraction of sp³-hybridized carbons (Fsp3) is 0.0833. The summed E-state index contributed by atoms with van der Waals surface area (Å²) in [5.74, 6) is 0.181. The first-order valence-corrected chi connectivity index (χ1v) is 5.37. The van der Waals surface area contributed by atoms with Crippen LogP contribution in [0.15, 0.2) is 30.9 Å². The molecule has 0 unspecified atom stereocenters. The topological polar surface area (TPSA) is 98.8 Å². The van der Waals surface area contributed by atoms with Crippen LogP contribution in [0, 0.1) is 0 Å². The van der Waals surface area contributed by atoms with Gasteiger partial charge in [-0.25, -0.2) is 9.97 Å². The van der Waals surface area contributed by atoms with Gasteiger partial charge in [0, 0.05) is 30.4 Å². The van der Waals surface area contributed by atoms with Crippen LogP contribution in [0.4, 0.5) is 19.1 Å². The Morgan fingerprint density at radius 3 is 2.10 bits per heavy atom. The van der Waals surface area contributed by atoms with Crippen LogP contribution >= 0.6 is 0 Å². The van der Waals surface area contributed by atoms with Gasteiger partial charge >= 0.3 is 6.18 Å². The van der Waals surface area contributed by atoms with Gasteiger partial charge in [0.25, 0.3) is 0 Å². The summed E-state index contributed by atoms with van der Waals surface area (Å²) in [5, 5.41) is 0.